The van der Waals surface area contributed by atoms with Gasteiger partial charge in [-0.1, -0.05) is 46.6 Å². The lowest BCUT2D eigenvalue weighted by Gasteiger charge is -2.23. The van der Waals surface area contributed by atoms with Crippen LogP contribution >= 0.6 is 0 Å². The van der Waals surface area contributed by atoms with Crippen molar-refractivity contribution in [3.8, 4) is 0 Å². The monoisotopic (exact) mass is 225 g/mol. The lowest BCUT2D eigenvalue weighted by atomic mass is 10.1. The van der Waals surface area contributed by atoms with Crippen molar-refractivity contribution in [2.24, 2.45) is 0 Å². The molecule has 0 unspecified atom stereocenters. The second kappa shape index (κ2) is 9.44. The highest BCUT2D eigenvalue weighted by molar-refractivity contribution is 5.92. The number of hydrogen-bond donors (Lipinski definition) is 0. The van der Waals surface area contributed by atoms with E-state index in [9.17, 15) is 4.79 Å². The minimum absolute atomic E-state index is 0.170. The van der Waals surface area contributed by atoms with E-state index >= 15 is 0 Å². The Hall–Kier alpha value is -0.790. The molecule has 0 rings (SSSR count). The van der Waals surface area contributed by atoms with E-state index in [0.717, 1.165) is 57.2 Å². The van der Waals surface area contributed by atoms with E-state index in [-0.39, 0.29) is 5.91 Å². The molecule has 0 atom stereocenters. The maximum atomic E-state index is 12.1. The van der Waals surface area contributed by atoms with E-state index in [4.69, 9.17) is 0 Å². The SMILES string of the molecule is C=C(CCC)C(=O)N(CCCC)CCCC. The van der Waals surface area contributed by atoms with Crippen molar-refractivity contribution in [2.75, 3.05) is 13.1 Å². The maximum absolute atomic E-state index is 12.1. The zero-order valence-electron chi connectivity index (χ0n) is 11.2. The molecule has 16 heavy (non-hydrogen) atoms. The summed E-state index contributed by atoms with van der Waals surface area (Å²) in [5.74, 6) is 0.170. The van der Waals surface area contributed by atoms with Crippen molar-refractivity contribution in [1.29, 1.82) is 0 Å². The van der Waals surface area contributed by atoms with Crippen LogP contribution in [0.1, 0.15) is 59.3 Å². The molecule has 2 nitrogen and oxygen atoms in total. The summed E-state index contributed by atoms with van der Waals surface area (Å²) in [4.78, 5) is 14.0. The highest BCUT2D eigenvalue weighted by atomic mass is 16.2. The summed E-state index contributed by atoms with van der Waals surface area (Å²) < 4.78 is 0. The molecule has 0 bridgehead atoms. The molecular formula is C14H27NO. The van der Waals surface area contributed by atoms with Crippen molar-refractivity contribution in [2.45, 2.75) is 59.3 Å². The smallest absolute Gasteiger partial charge is 0.249 e. The predicted molar refractivity (Wildman–Crippen MR) is 70.4 cm³/mol. The number of hydrogen-bond acceptors (Lipinski definition) is 1. The average molecular weight is 225 g/mol. The van der Waals surface area contributed by atoms with Crippen LogP contribution in [-0.2, 0) is 4.79 Å². The van der Waals surface area contributed by atoms with Crippen molar-refractivity contribution < 1.29 is 4.79 Å². The van der Waals surface area contributed by atoms with Crippen LogP contribution in [0.15, 0.2) is 12.2 Å². The number of carbonyl (C=O) groups is 1. The highest BCUT2D eigenvalue weighted by Crippen LogP contribution is 2.09. The van der Waals surface area contributed by atoms with Gasteiger partial charge < -0.3 is 4.90 Å². The standard InChI is InChI=1S/C14H27NO/c1-5-8-11-15(12-9-6-2)14(16)13(4)10-7-3/h4-12H2,1-3H3. The Morgan fingerprint density at radius 2 is 1.50 bits per heavy atom. The lowest BCUT2D eigenvalue weighted by molar-refractivity contribution is -0.127. The van der Waals surface area contributed by atoms with Gasteiger partial charge in [0.15, 0.2) is 0 Å². The fourth-order valence-corrected chi connectivity index (χ4v) is 1.65. The van der Waals surface area contributed by atoms with Gasteiger partial charge >= 0.3 is 0 Å². The van der Waals surface area contributed by atoms with Gasteiger partial charge in [0, 0.05) is 18.7 Å². The zero-order valence-corrected chi connectivity index (χ0v) is 11.2. The minimum atomic E-state index is 0.170. The van der Waals surface area contributed by atoms with Crippen LogP contribution in [0, 0.1) is 0 Å². The first-order valence-corrected chi connectivity index (χ1v) is 6.64. The van der Waals surface area contributed by atoms with Gasteiger partial charge in [-0.15, -0.1) is 0 Å². The normalized spacial score (nSPS) is 10.2. The first-order valence-electron chi connectivity index (χ1n) is 6.64. The summed E-state index contributed by atoms with van der Waals surface area (Å²) >= 11 is 0. The third kappa shape index (κ3) is 5.94. The first-order chi connectivity index (χ1) is 7.67. The summed E-state index contributed by atoms with van der Waals surface area (Å²) in [6.45, 7) is 12.1. The number of amides is 1. The Morgan fingerprint density at radius 1 is 1.00 bits per heavy atom. The van der Waals surface area contributed by atoms with Gasteiger partial charge in [0.25, 0.3) is 0 Å². The summed E-state index contributed by atoms with van der Waals surface area (Å²) in [6, 6.07) is 0. The zero-order chi connectivity index (χ0) is 12.4. The van der Waals surface area contributed by atoms with Crippen LogP contribution in [0.4, 0.5) is 0 Å². The van der Waals surface area contributed by atoms with E-state index in [1.807, 2.05) is 4.90 Å². The van der Waals surface area contributed by atoms with Crippen molar-refractivity contribution in [3.05, 3.63) is 12.2 Å². The van der Waals surface area contributed by atoms with Crippen LogP contribution < -0.4 is 0 Å². The van der Waals surface area contributed by atoms with Gasteiger partial charge in [-0.25, -0.2) is 0 Å². The second-order valence-electron chi connectivity index (χ2n) is 4.35. The fraction of sp³-hybridized carbons (Fsp3) is 0.786. The van der Waals surface area contributed by atoms with E-state index < -0.39 is 0 Å². The molecule has 0 N–H and O–H groups in total. The summed E-state index contributed by atoms with van der Waals surface area (Å²) in [7, 11) is 0. The minimum Gasteiger partial charge on any atom is -0.339 e. The molecular weight excluding hydrogens is 198 g/mol. The number of unbranched alkanes of at least 4 members (excludes halogenated alkanes) is 2. The molecule has 0 heterocycles. The van der Waals surface area contributed by atoms with Crippen molar-refractivity contribution in [3.63, 3.8) is 0 Å². The van der Waals surface area contributed by atoms with E-state index in [2.05, 4.69) is 27.4 Å². The Morgan fingerprint density at radius 3 is 1.88 bits per heavy atom. The average Bonchev–Trinajstić information content (AvgIpc) is 2.29. The van der Waals surface area contributed by atoms with Gasteiger partial charge in [-0.2, -0.15) is 0 Å². The molecule has 0 radical (unpaired) electrons. The van der Waals surface area contributed by atoms with Crippen LogP contribution in [-0.4, -0.2) is 23.9 Å². The van der Waals surface area contributed by atoms with Crippen LogP contribution in [0.25, 0.3) is 0 Å². The van der Waals surface area contributed by atoms with Crippen molar-refractivity contribution >= 4 is 5.91 Å². The van der Waals surface area contributed by atoms with E-state index in [1.165, 1.54) is 0 Å². The molecule has 94 valence electrons. The quantitative estimate of drug-likeness (QED) is 0.547. The van der Waals surface area contributed by atoms with Crippen LogP contribution in [0.2, 0.25) is 0 Å². The fourth-order valence-electron chi connectivity index (χ4n) is 1.65. The summed E-state index contributed by atoms with van der Waals surface area (Å²) in [5.41, 5.74) is 0.773. The number of rotatable bonds is 9. The summed E-state index contributed by atoms with van der Waals surface area (Å²) in [5, 5.41) is 0. The Bertz CT molecular complexity index is 203. The molecule has 0 aliphatic rings. The predicted octanol–water partition coefficient (Wildman–Crippen LogP) is 3.77. The molecule has 2 heteroatoms. The molecule has 1 amide bonds. The largest absolute Gasteiger partial charge is 0.339 e. The summed E-state index contributed by atoms with van der Waals surface area (Å²) in [6.07, 6.45) is 6.28. The molecule has 0 aromatic carbocycles. The van der Waals surface area contributed by atoms with Gasteiger partial charge in [-0.3, -0.25) is 4.79 Å². The van der Waals surface area contributed by atoms with Crippen LogP contribution in [0.5, 0.6) is 0 Å². The molecule has 0 aliphatic heterocycles. The third-order valence-electron chi connectivity index (χ3n) is 2.70. The van der Waals surface area contributed by atoms with Gasteiger partial charge in [0.2, 0.25) is 5.91 Å². The Balaban J connectivity index is 4.23. The first kappa shape index (κ1) is 15.2. The molecule has 0 fully saturated rings. The van der Waals surface area contributed by atoms with E-state index in [0.29, 0.717) is 0 Å². The molecule has 0 aliphatic carbocycles. The highest BCUT2D eigenvalue weighted by Gasteiger charge is 2.14. The van der Waals surface area contributed by atoms with Gasteiger partial charge in [0.1, 0.15) is 0 Å². The molecule has 0 spiro atoms. The topological polar surface area (TPSA) is 20.3 Å². The number of nitrogens with zero attached hydrogens (tertiary/aromatic N) is 1. The molecule has 0 aromatic heterocycles. The van der Waals surface area contributed by atoms with Gasteiger partial charge in [0.05, 0.1) is 0 Å². The third-order valence-corrected chi connectivity index (χ3v) is 2.70. The van der Waals surface area contributed by atoms with Crippen molar-refractivity contribution in [1.82, 2.24) is 4.90 Å². The maximum Gasteiger partial charge on any atom is 0.249 e. The lowest BCUT2D eigenvalue weighted by Crippen LogP contribution is -2.33. The Labute approximate surface area is 101 Å². The van der Waals surface area contributed by atoms with Gasteiger partial charge in [-0.05, 0) is 19.3 Å². The molecule has 0 aromatic rings. The molecule has 0 saturated carbocycles. The van der Waals surface area contributed by atoms with E-state index in [1.54, 1.807) is 0 Å². The number of carbonyl (C=O) groups excluding carboxylic acids is 1. The Kier molecular flexibility index (Phi) is 8.97. The molecule has 0 saturated heterocycles. The second-order valence-corrected chi connectivity index (χ2v) is 4.35. The van der Waals surface area contributed by atoms with Crippen LogP contribution in [0.3, 0.4) is 0 Å².